The first kappa shape index (κ1) is 13.5. The van der Waals surface area contributed by atoms with Crippen molar-refractivity contribution in [2.24, 2.45) is 11.1 Å². The molecule has 2 heterocycles. The molecule has 5 heteroatoms. The lowest BCUT2D eigenvalue weighted by Gasteiger charge is -2.36. The van der Waals surface area contributed by atoms with Crippen LogP contribution in [0, 0.1) is 16.7 Å². The number of carbonyl (C=O) groups is 1. The minimum Gasteiger partial charge on any atom is -0.468 e. The highest BCUT2D eigenvalue weighted by Gasteiger charge is 2.43. The number of allylic oxidation sites excluding steroid dienone is 3. The highest BCUT2D eigenvalue weighted by Crippen LogP contribution is 2.47. The molecule has 1 aliphatic carbocycles. The molecule has 0 aromatic carbocycles. The van der Waals surface area contributed by atoms with Gasteiger partial charge >= 0.3 is 0 Å². The van der Waals surface area contributed by atoms with E-state index < -0.39 is 5.92 Å². The Hall–Kier alpha value is -2.48. The van der Waals surface area contributed by atoms with E-state index in [2.05, 4.69) is 0 Å². The lowest BCUT2D eigenvalue weighted by atomic mass is 9.71. The normalized spacial score (nSPS) is 24.4. The van der Waals surface area contributed by atoms with Gasteiger partial charge in [0.1, 0.15) is 23.2 Å². The number of hydrogen-bond donors (Lipinski definition) is 1. The second-order valence-electron chi connectivity index (χ2n) is 6.22. The van der Waals surface area contributed by atoms with Crippen LogP contribution in [0.4, 0.5) is 0 Å². The number of rotatable bonds is 1. The van der Waals surface area contributed by atoms with Crippen molar-refractivity contribution in [3.8, 4) is 6.07 Å². The molecule has 21 heavy (non-hydrogen) atoms. The molecule has 3 rings (SSSR count). The van der Waals surface area contributed by atoms with Gasteiger partial charge in [-0.15, -0.1) is 0 Å². The number of hydrogen-bond acceptors (Lipinski definition) is 5. The molecule has 5 nitrogen and oxygen atoms in total. The zero-order chi connectivity index (χ0) is 15.2. The Morgan fingerprint density at radius 3 is 2.81 bits per heavy atom. The molecule has 1 unspecified atom stereocenters. The molecule has 1 atom stereocenters. The van der Waals surface area contributed by atoms with Gasteiger partial charge < -0.3 is 14.9 Å². The summed E-state index contributed by atoms with van der Waals surface area (Å²) in [5.41, 5.74) is 6.44. The highest BCUT2D eigenvalue weighted by atomic mass is 16.5. The van der Waals surface area contributed by atoms with Gasteiger partial charge in [0, 0.05) is 18.4 Å². The minimum absolute atomic E-state index is 0.0112. The maximum Gasteiger partial charge on any atom is 0.205 e. The van der Waals surface area contributed by atoms with Crippen molar-refractivity contribution < 1.29 is 13.9 Å². The minimum atomic E-state index is -0.558. The SMILES string of the molecule is CC1(C)CC(=O)C2=C(C1)OC(N)=C(C#N)C2c1ccco1. The summed E-state index contributed by atoms with van der Waals surface area (Å²) in [5.74, 6) is 0.593. The summed E-state index contributed by atoms with van der Waals surface area (Å²) in [4.78, 5) is 12.6. The zero-order valence-corrected chi connectivity index (χ0v) is 12.0. The molecule has 0 saturated heterocycles. The van der Waals surface area contributed by atoms with Gasteiger partial charge in [0.05, 0.1) is 12.2 Å². The summed E-state index contributed by atoms with van der Waals surface area (Å²) >= 11 is 0. The predicted molar refractivity (Wildman–Crippen MR) is 74.4 cm³/mol. The molecule has 0 spiro atoms. The summed E-state index contributed by atoms with van der Waals surface area (Å²) in [6.07, 6.45) is 2.56. The van der Waals surface area contributed by atoms with E-state index in [-0.39, 0.29) is 22.7 Å². The molecular formula is C16H16N2O3. The fourth-order valence-electron chi connectivity index (χ4n) is 3.02. The zero-order valence-electron chi connectivity index (χ0n) is 12.0. The molecule has 2 N–H and O–H groups in total. The number of ketones is 1. The number of nitrogens with zero attached hydrogens (tertiary/aromatic N) is 1. The lowest BCUT2D eigenvalue weighted by Crippen LogP contribution is -2.33. The standard InChI is InChI=1S/C16H16N2O3/c1-16(2)6-10(19)14-12(7-16)21-15(18)9(8-17)13(14)11-4-3-5-20-11/h3-5,13H,6-7,18H2,1-2H3. The Morgan fingerprint density at radius 2 is 2.19 bits per heavy atom. The Bertz CT molecular complexity index is 702. The molecule has 1 aromatic rings. The number of nitriles is 1. The summed E-state index contributed by atoms with van der Waals surface area (Å²) in [6.45, 7) is 4.03. The summed E-state index contributed by atoms with van der Waals surface area (Å²) in [6, 6.07) is 5.53. The molecule has 0 fully saturated rings. The van der Waals surface area contributed by atoms with Crippen LogP contribution >= 0.6 is 0 Å². The van der Waals surface area contributed by atoms with Crippen LogP contribution in [0.3, 0.4) is 0 Å². The van der Waals surface area contributed by atoms with E-state index in [0.717, 1.165) is 0 Å². The monoisotopic (exact) mass is 284 g/mol. The van der Waals surface area contributed by atoms with Crippen molar-refractivity contribution >= 4 is 5.78 Å². The van der Waals surface area contributed by atoms with Crippen LogP contribution in [0.1, 0.15) is 38.4 Å². The Morgan fingerprint density at radius 1 is 1.43 bits per heavy atom. The van der Waals surface area contributed by atoms with Gasteiger partial charge in [-0.3, -0.25) is 4.79 Å². The first-order valence-corrected chi connectivity index (χ1v) is 6.80. The molecule has 1 aromatic heterocycles. The van der Waals surface area contributed by atoms with Crippen LogP contribution < -0.4 is 5.73 Å². The molecule has 108 valence electrons. The Labute approximate surface area is 122 Å². The van der Waals surface area contributed by atoms with E-state index in [4.69, 9.17) is 14.9 Å². The number of nitrogens with two attached hydrogens (primary N) is 1. The van der Waals surface area contributed by atoms with E-state index >= 15 is 0 Å². The van der Waals surface area contributed by atoms with Gasteiger partial charge in [-0.05, 0) is 17.5 Å². The fraction of sp³-hybridized carbons (Fsp3) is 0.375. The van der Waals surface area contributed by atoms with Crippen molar-refractivity contribution in [2.45, 2.75) is 32.6 Å². The third-order valence-electron chi connectivity index (χ3n) is 3.90. The van der Waals surface area contributed by atoms with Gasteiger partial charge in [0.25, 0.3) is 0 Å². The van der Waals surface area contributed by atoms with Crippen molar-refractivity contribution in [2.75, 3.05) is 0 Å². The average Bonchev–Trinajstić information content (AvgIpc) is 2.88. The maximum absolute atomic E-state index is 12.6. The summed E-state index contributed by atoms with van der Waals surface area (Å²) in [7, 11) is 0. The van der Waals surface area contributed by atoms with Gasteiger partial charge in [0.15, 0.2) is 5.78 Å². The quantitative estimate of drug-likeness (QED) is 0.856. The van der Waals surface area contributed by atoms with E-state index in [0.29, 0.717) is 29.9 Å². The molecule has 0 bridgehead atoms. The van der Waals surface area contributed by atoms with Crippen LogP contribution in [0.2, 0.25) is 0 Å². The molecule has 2 aliphatic rings. The third-order valence-corrected chi connectivity index (χ3v) is 3.90. The number of furan rings is 1. The smallest absolute Gasteiger partial charge is 0.205 e. The van der Waals surface area contributed by atoms with Crippen LogP contribution in [0.15, 0.2) is 45.6 Å². The average molecular weight is 284 g/mol. The van der Waals surface area contributed by atoms with Gasteiger partial charge in [-0.25, -0.2) is 0 Å². The molecule has 0 saturated carbocycles. The number of Topliss-reactive ketones (excluding diaryl/α,β-unsaturated/α-hetero) is 1. The van der Waals surface area contributed by atoms with E-state index in [1.165, 1.54) is 6.26 Å². The maximum atomic E-state index is 12.6. The molecule has 1 aliphatic heterocycles. The second-order valence-corrected chi connectivity index (χ2v) is 6.22. The fourth-order valence-corrected chi connectivity index (χ4v) is 3.02. The number of carbonyl (C=O) groups excluding carboxylic acids is 1. The highest BCUT2D eigenvalue weighted by molar-refractivity contribution is 5.99. The Balaban J connectivity index is 2.17. The Kier molecular flexibility index (Phi) is 2.91. The van der Waals surface area contributed by atoms with E-state index in [1.807, 2.05) is 19.9 Å². The molecule has 0 amide bonds. The van der Waals surface area contributed by atoms with Crippen molar-refractivity contribution in [1.29, 1.82) is 5.26 Å². The van der Waals surface area contributed by atoms with Crippen molar-refractivity contribution in [1.82, 2.24) is 0 Å². The van der Waals surface area contributed by atoms with Crippen LogP contribution in [0.25, 0.3) is 0 Å². The van der Waals surface area contributed by atoms with Crippen LogP contribution in [-0.2, 0) is 9.53 Å². The van der Waals surface area contributed by atoms with Crippen molar-refractivity contribution in [3.05, 3.63) is 46.9 Å². The van der Waals surface area contributed by atoms with Gasteiger partial charge in [-0.1, -0.05) is 13.8 Å². The predicted octanol–water partition coefficient (Wildman–Crippen LogP) is 2.73. The van der Waals surface area contributed by atoms with Crippen molar-refractivity contribution in [3.63, 3.8) is 0 Å². The van der Waals surface area contributed by atoms with Crippen LogP contribution in [-0.4, -0.2) is 5.78 Å². The van der Waals surface area contributed by atoms with Gasteiger partial charge in [-0.2, -0.15) is 5.26 Å². The largest absolute Gasteiger partial charge is 0.468 e. The van der Waals surface area contributed by atoms with Gasteiger partial charge in [0.2, 0.25) is 5.88 Å². The second kappa shape index (κ2) is 4.52. The molecular weight excluding hydrogens is 268 g/mol. The van der Waals surface area contributed by atoms with E-state index in [9.17, 15) is 10.1 Å². The summed E-state index contributed by atoms with van der Waals surface area (Å²) in [5, 5.41) is 9.37. The molecule has 0 radical (unpaired) electrons. The topological polar surface area (TPSA) is 89.2 Å². The van der Waals surface area contributed by atoms with Crippen LogP contribution in [0.5, 0.6) is 0 Å². The third kappa shape index (κ3) is 2.13. The lowest BCUT2D eigenvalue weighted by molar-refractivity contribution is -0.119. The number of ether oxygens (including phenoxy) is 1. The first-order valence-electron chi connectivity index (χ1n) is 6.80. The summed E-state index contributed by atoms with van der Waals surface area (Å²) < 4.78 is 11.0. The first-order chi connectivity index (χ1) is 9.93. The van der Waals surface area contributed by atoms with E-state index in [1.54, 1.807) is 12.1 Å².